The first-order valence-corrected chi connectivity index (χ1v) is 17.7. The zero-order valence-corrected chi connectivity index (χ0v) is 30.2. The number of unbranched alkanes of at least 4 members (excludes halogenated alkanes) is 9. The second kappa shape index (κ2) is 20.8. The highest BCUT2D eigenvalue weighted by Gasteiger charge is 2.28. The second-order valence-electron chi connectivity index (χ2n) is 11.5. The summed E-state index contributed by atoms with van der Waals surface area (Å²) in [5.74, 6) is 1.32. The summed E-state index contributed by atoms with van der Waals surface area (Å²) >= 11 is 0. The van der Waals surface area contributed by atoms with E-state index < -0.39 is 10.0 Å². The van der Waals surface area contributed by atoms with Crippen LogP contribution in [0.15, 0.2) is 71.8 Å². The molecule has 0 fully saturated rings. The largest absolute Gasteiger partial charge is 1.00 e. The molecule has 0 amide bonds. The molecule has 0 aliphatic carbocycles. The number of ether oxygens (including phenoxy) is 2. The monoisotopic (exact) mass is 736 g/mol. The van der Waals surface area contributed by atoms with E-state index in [1.807, 2.05) is 61.7 Å². The zero-order chi connectivity index (χ0) is 30.9. The summed E-state index contributed by atoms with van der Waals surface area (Å²) in [6.07, 6.45) is 15.8. The molecule has 1 aromatic heterocycles. The van der Waals surface area contributed by atoms with Gasteiger partial charge in [0.1, 0.15) is 6.54 Å². The van der Waals surface area contributed by atoms with E-state index in [1.54, 1.807) is 23.5 Å². The third kappa shape index (κ3) is 12.3. The molecular formula is C36H53IN2O4S. The molecule has 3 rings (SSSR count). The Morgan fingerprint density at radius 3 is 2.05 bits per heavy atom. The average molecular weight is 737 g/mol. The normalized spacial score (nSPS) is 11.4. The maximum absolute atomic E-state index is 13.9. The summed E-state index contributed by atoms with van der Waals surface area (Å²) < 4.78 is 43.3. The summed E-state index contributed by atoms with van der Waals surface area (Å²) in [6, 6.07) is 18.7. The number of nitrogens with zero attached hydrogens (tertiary/aromatic N) is 2. The molecule has 0 N–H and O–H groups in total. The molecule has 2 aromatic carbocycles. The number of aromatic nitrogens is 1. The van der Waals surface area contributed by atoms with Crippen molar-refractivity contribution in [3.05, 3.63) is 83.7 Å². The molecule has 0 bridgehead atoms. The molecule has 0 aliphatic heterocycles. The second-order valence-corrected chi connectivity index (χ2v) is 13.4. The van der Waals surface area contributed by atoms with Crippen LogP contribution in [-0.2, 0) is 29.7 Å². The van der Waals surface area contributed by atoms with E-state index in [0.29, 0.717) is 23.0 Å². The highest BCUT2D eigenvalue weighted by Crippen LogP contribution is 2.30. The van der Waals surface area contributed by atoms with Crippen LogP contribution in [0, 0.1) is 6.92 Å². The van der Waals surface area contributed by atoms with Crippen LogP contribution in [0.25, 0.3) is 0 Å². The van der Waals surface area contributed by atoms with Crippen molar-refractivity contribution in [1.29, 1.82) is 0 Å². The van der Waals surface area contributed by atoms with Gasteiger partial charge in [-0.3, -0.25) is 0 Å². The number of hydrogen-bond acceptors (Lipinski definition) is 4. The lowest BCUT2D eigenvalue weighted by Gasteiger charge is -2.22. The van der Waals surface area contributed by atoms with Crippen LogP contribution >= 0.6 is 0 Å². The fourth-order valence-electron chi connectivity index (χ4n) is 5.28. The van der Waals surface area contributed by atoms with Crippen LogP contribution in [0.1, 0.15) is 101 Å². The minimum absolute atomic E-state index is 0. The number of aryl methyl sites for hydroxylation is 2. The first-order chi connectivity index (χ1) is 20.9. The number of hydrogen-bond donors (Lipinski definition) is 0. The molecule has 0 atom stereocenters. The van der Waals surface area contributed by atoms with E-state index in [9.17, 15) is 8.42 Å². The molecule has 8 heteroatoms. The van der Waals surface area contributed by atoms with Crippen molar-refractivity contribution in [2.75, 3.05) is 13.7 Å². The summed E-state index contributed by atoms with van der Waals surface area (Å²) in [4.78, 5) is 0.291. The third-order valence-corrected chi connectivity index (χ3v) is 9.64. The lowest BCUT2D eigenvalue weighted by atomic mass is 10.1. The Labute approximate surface area is 284 Å². The van der Waals surface area contributed by atoms with Gasteiger partial charge in [0.25, 0.3) is 0 Å². The average Bonchev–Trinajstić information content (AvgIpc) is 3.01. The molecule has 0 saturated carbocycles. The van der Waals surface area contributed by atoms with E-state index in [4.69, 9.17) is 9.47 Å². The Balaban J connectivity index is 0.00000675. The van der Waals surface area contributed by atoms with Crippen LogP contribution < -0.4 is 38.0 Å². The topological polar surface area (TPSA) is 59.7 Å². The van der Waals surface area contributed by atoms with Gasteiger partial charge in [0, 0.05) is 25.1 Å². The van der Waals surface area contributed by atoms with Crippen molar-refractivity contribution in [2.45, 2.75) is 116 Å². The first-order valence-electron chi connectivity index (χ1n) is 16.2. The van der Waals surface area contributed by atoms with Crippen molar-refractivity contribution < 1.29 is 46.4 Å². The van der Waals surface area contributed by atoms with Crippen LogP contribution in [-0.4, -0.2) is 26.4 Å². The van der Waals surface area contributed by atoms with Gasteiger partial charge in [-0.05, 0) is 43.2 Å². The van der Waals surface area contributed by atoms with E-state index in [1.165, 1.54) is 57.8 Å². The van der Waals surface area contributed by atoms with Gasteiger partial charge < -0.3 is 33.5 Å². The van der Waals surface area contributed by atoms with Gasteiger partial charge in [-0.15, -0.1) is 0 Å². The minimum Gasteiger partial charge on any atom is -1.00 e. The Morgan fingerprint density at radius 2 is 1.41 bits per heavy atom. The lowest BCUT2D eigenvalue weighted by molar-refractivity contribution is -0.704. The quantitative estimate of drug-likeness (QED) is 0.0837. The summed E-state index contributed by atoms with van der Waals surface area (Å²) in [6.45, 7) is 8.28. The number of methoxy groups -OCH3 is 1. The molecular weight excluding hydrogens is 683 g/mol. The van der Waals surface area contributed by atoms with E-state index >= 15 is 0 Å². The van der Waals surface area contributed by atoms with Gasteiger partial charge >= 0.3 is 0 Å². The van der Waals surface area contributed by atoms with Crippen molar-refractivity contribution in [3.63, 3.8) is 0 Å². The Kier molecular flexibility index (Phi) is 18.0. The van der Waals surface area contributed by atoms with E-state index in [2.05, 4.69) is 18.4 Å². The molecule has 0 saturated heterocycles. The summed E-state index contributed by atoms with van der Waals surface area (Å²) in [5.41, 5.74) is 2.81. The Bertz CT molecular complexity index is 1330. The van der Waals surface area contributed by atoms with Gasteiger partial charge in [0.2, 0.25) is 10.0 Å². The van der Waals surface area contributed by atoms with Crippen molar-refractivity contribution in [3.8, 4) is 11.5 Å². The van der Waals surface area contributed by atoms with Crippen molar-refractivity contribution in [1.82, 2.24) is 4.31 Å². The predicted molar refractivity (Wildman–Crippen MR) is 175 cm³/mol. The maximum Gasteiger partial charge on any atom is 0.243 e. The summed E-state index contributed by atoms with van der Waals surface area (Å²) in [5, 5.41) is 0. The van der Waals surface area contributed by atoms with Gasteiger partial charge in [0.05, 0.1) is 25.2 Å². The van der Waals surface area contributed by atoms with Crippen LogP contribution in [0.3, 0.4) is 0 Å². The van der Waals surface area contributed by atoms with Crippen LogP contribution in [0.2, 0.25) is 0 Å². The minimum atomic E-state index is -3.76. The maximum atomic E-state index is 13.9. The Hall–Kier alpha value is -2.17. The number of pyridine rings is 1. The smallest absolute Gasteiger partial charge is 0.243 e. The lowest BCUT2D eigenvalue weighted by Crippen LogP contribution is -3.00. The highest BCUT2D eigenvalue weighted by molar-refractivity contribution is 7.89. The van der Waals surface area contributed by atoms with Crippen molar-refractivity contribution >= 4 is 10.0 Å². The van der Waals surface area contributed by atoms with Gasteiger partial charge in [-0.2, -0.15) is 4.31 Å². The molecule has 0 unspecified atom stereocenters. The van der Waals surface area contributed by atoms with Crippen molar-refractivity contribution in [2.24, 2.45) is 0 Å². The number of rotatable bonds is 21. The van der Waals surface area contributed by atoms with E-state index in [-0.39, 0.29) is 37.1 Å². The molecule has 244 valence electrons. The number of sulfonamides is 1. The molecule has 1 heterocycles. The van der Waals surface area contributed by atoms with E-state index in [0.717, 1.165) is 36.2 Å². The molecule has 3 aromatic rings. The Morgan fingerprint density at radius 1 is 0.750 bits per heavy atom. The molecule has 0 aliphatic rings. The van der Waals surface area contributed by atoms with Gasteiger partial charge in [-0.25, -0.2) is 13.0 Å². The third-order valence-electron chi connectivity index (χ3n) is 7.84. The standard InChI is InChI=1S/C36H53N2O4S.HI/c1-5-7-8-9-10-11-12-13-14-17-27-42-35-24-21-32(28-36(35)41-4)29-38(30-33-18-15-16-26-37(33)25-6-2)43(39,40)34-22-19-31(3)20-23-34;/h15-16,18-24,26,28H,5-14,17,25,27,29-30H2,1-4H3;1H/q+1;/p-1. The zero-order valence-electron chi connectivity index (χ0n) is 27.3. The molecule has 0 radical (unpaired) electrons. The fraction of sp³-hybridized carbons (Fsp3) is 0.528. The number of benzene rings is 2. The fourth-order valence-corrected chi connectivity index (χ4v) is 6.68. The van der Waals surface area contributed by atoms with Gasteiger partial charge in [0.15, 0.2) is 23.4 Å². The van der Waals surface area contributed by atoms with Crippen LogP contribution in [0.5, 0.6) is 11.5 Å². The number of halogens is 1. The predicted octanol–water partition coefficient (Wildman–Crippen LogP) is 5.40. The van der Waals surface area contributed by atoms with Gasteiger partial charge in [-0.1, -0.05) is 101 Å². The molecule has 6 nitrogen and oxygen atoms in total. The first kappa shape index (κ1) is 38.0. The molecule has 0 spiro atoms. The molecule has 44 heavy (non-hydrogen) atoms. The summed E-state index contributed by atoms with van der Waals surface area (Å²) in [7, 11) is -2.13. The highest BCUT2D eigenvalue weighted by atomic mass is 127. The SMILES string of the molecule is CCCCCCCCCCCCOc1ccc(CN(Cc2cccc[n+]2CCC)S(=O)(=O)c2ccc(C)cc2)cc1OC.[I-]. The van der Waals surface area contributed by atoms with Crippen LogP contribution in [0.4, 0.5) is 0 Å².